The van der Waals surface area contributed by atoms with Crippen LogP contribution in [0.3, 0.4) is 0 Å². The molecule has 1 aliphatic rings. The highest BCUT2D eigenvalue weighted by atomic mass is 32.1. The molecule has 0 heterocycles. The molecule has 42 heavy (non-hydrogen) atoms. The molecule has 0 aromatic heterocycles. The normalized spacial score (nSPS) is 14.7. The van der Waals surface area contributed by atoms with Crippen molar-refractivity contribution in [2.75, 3.05) is 48.9 Å². The second-order valence-electron chi connectivity index (χ2n) is 9.63. The third-order valence-electron chi connectivity index (χ3n) is 7.34. The molecule has 0 amide bonds. The van der Waals surface area contributed by atoms with Crippen LogP contribution in [0.25, 0.3) is 0 Å². The fourth-order valence-electron chi connectivity index (χ4n) is 5.26. The van der Waals surface area contributed by atoms with Crippen LogP contribution in [0.15, 0.2) is 78.9 Å². The number of rotatable bonds is 8. The van der Waals surface area contributed by atoms with E-state index in [4.69, 9.17) is 28.4 Å². The lowest BCUT2D eigenvalue weighted by Gasteiger charge is -2.24. The highest BCUT2D eigenvalue weighted by Gasteiger charge is 2.38. The molecule has 2 atom stereocenters. The average molecular weight is 591 g/mol. The third-order valence-corrected chi connectivity index (χ3v) is 7.34. The Morgan fingerprint density at radius 2 is 1.00 bits per heavy atom. The van der Waals surface area contributed by atoms with E-state index < -0.39 is 0 Å². The predicted molar refractivity (Wildman–Crippen MR) is 173 cm³/mol. The van der Waals surface area contributed by atoms with E-state index in [9.17, 15) is 0 Å². The van der Waals surface area contributed by atoms with Crippen LogP contribution in [0.2, 0.25) is 0 Å². The van der Waals surface area contributed by atoms with Crippen molar-refractivity contribution in [2.24, 2.45) is 0 Å². The number of thiol groups is 1. The zero-order valence-corrected chi connectivity index (χ0v) is 26.7. The van der Waals surface area contributed by atoms with E-state index in [1.807, 2.05) is 48.5 Å². The Morgan fingerprint density at radius 3 is 1.48 bits per heavy atom. The molecular formula is C35H42O6S. The molecule has 6 nitrogen and oxygen atoms in total. The number of hydrogen-bond donors (Lipinski definition) is 1. The van der Waals surface area contributed by atoms with Gasteiger partial charge in [-0.15, -0.1) is 0 Å². The maximum absolute atomic E-state index is 5.82. The molecule has 5 rings (SSSR count). The van der Waals surface area contributed by atoms with Crippen LogP contribution in [-0.4, -0.2) is 48.9 Å². The molecule has 0 unspecified atom stereocenters. The summed E-state index contributed by atoms with van der Waals surface area (Å²) in [7, 11) is 10.1. The van der Waals surface area contributed by atoms with Crippen LogP contribution < -0.4 is 28.4 Å². The van der Waals surface area contributed by atoms with Gasteiger partial charge in [-0.2, -0.15) is 12.6 Å². The number of fused-ring (bicyclic) bond motifs is 1. The Balaban J connectivity index is 0.000000373. The lowest BCUT2D eigenvalue weighted by molar-refractivity contribution is 0.388. The van der Waals surface area contributed by atoms with Crippen molar-refractivity contribution in [3.05, 3.63) is 107 Å². The summed E-state index contributed by atoms with van der Waals surface area (Å²) in [5.74, 6) is 5.23. The minimum atomic E-state index is 0.0771. The van der Waals surface area contributed by atoms with E-state index in [0.717, 1.165) is 46.5 Å². The van der Waals surface area contributed by atoms with Crippen LogP contribution in [0, 0.1) is 6.92 Å². The molecule has 0 aliphatic heterocycles. The van der Waals surface area contributed by atoms with Crippen LogP contribution >= 0.6 is 12.6 Å². The minimum Gasteiger partial charge on any atom is -0.497 e. The van der Waals surface area contributed by atoms with E-state index in [1.165, 1.54) is 22.3 Å². The summed E-state index contributed by atoms with van der Waals surface area (Å²) >= 11 is 3.53. The van der Waals surface area contributed by atoms with Gasteiger partial charge >= 0.3 is 0 Å². The summed E-state index contributed by atoms with van der Waals surface area (Å²) in [4.78, 5) is 0. The highest BCUT2D eigenvalue weighted by molar-refractivity contribution is 7.79. The number of benzene rings is 4. The first-order chi connectivity index (χ1) is 20.4. The summed E-state index contributed by atoms with van der Waals surface area (Å²) in [6, 6.07) is 26.4. The average Bonchev–Trinajstić information content (AvgIpc) is 3.45. The molecule has 1 aliphatic carbocycles. The molecule has 7 heteroatoms. The van der Waals surface area contributed by atoms with Gasteiger partial charge in [-0.1, -0.05) is 29.8 Å². The van der Waals surface area contributed by atoms with Gasteiger partial charge in [0.1, 0.15) is 34.5 Å². The van der Waals surface area contributed by atoms with Crippen LogP contribution in [0.1, 0.15) is 39.7 Å². The van der Waals surface area contributed by atoms with Crippen LogP contribution in [0.4, 0.5) is 0 Å². The smallest absolute Gasteiger partial charge is 0.126 e. The van der Waals surface area contributed by atoms with Crippen LogP contribution in [-0.2, 0) is 6.42 Å². The van der Waals surface area contributed by atoms with Gasteiger partial charge in [0, 0.05) is 23.6 Å². The van der Waals surface area contributed by atoms with Crippen molar-refractivity contribution < 1.29 is 28.4 Å². The fourth-order valence-corrected chi connectivity index (χ4v) is 5.26. The zero-order valence-electron chi connectivity index (χ0n) is 25.8. The minimum absolute atomic E-state index is 0.0771. The topological polar surface area (TPSA) is 55.4 Å². The zero-order chi connectivity index (χ0) is 30.6. The van der Waals surface area contributed by atoms with Crippen molar-refractivity contribution in [3.8, 4) is 34.5 Å². The maximum Gasteiger partial charge on any atom is 0.126 e. The van der Waals surface area contributed by atoms with E-state index in [-0.39, 0.29) is 11.8 Å². The molecule has 0 spiro atoms. The monoisotopic (exact) mass is 590 g/mol. The molecule has 4 aromatic carbocycles. The van der Waals surface area contributed by atoms with E-state index >= 15 is 0 Å². The standard InChI is InChI=1S/C26H28O5.C8H10O.CH4S/c1-27-19-8-6-16(7-9-19)23-13-18-12-22(30-4)15-24(31-5)26(18)25(23)17-10-20(28-2)14-21(11-17)29-3;1-7-3-5-8(9-2)6-4-7;1-2/h6-12,14-15,23,25H,13H2,1-5H3;3-6H,1-2H3;2H,1H3/t23-,25-;;/m1../s1. The third kappa shape index (κ3) is 7.65. The Morgan fingerprint density at radius 1 is 0.524 bits per heavy atom. The molecule has 0 saturated heterocycles. The van der Waals surface area contributed by atoms with E-state index in [2.05, 4.69) is 49.9 Å². The summed E-state index contributed by atoms with van der Waals surface area (Å²) in [6.45, 7) is 2.06. The summed E-state index contributed by atoms with van der Waals surface area (Å²) in [6.07, 6.45) is 2.57. The van der Waals surface area contributed by atoms with Gasteiger partial charge < -0.3 is 28.4 Å². The van der Waals surface area contributed by atoms with Crippen molar-refractivity contribution in [1.29, 1.82) is 0 Å². The van der Waals surface area contributed by atoms with Gasteiger partial charge in [0.05, 0.1) is 42.7 Å². The Hall–Kier alpha value is -3.97. The number of hydrogen-bond acceptors (Lipinski definition) is 7. The first kappa shape index (κ1) is 32.5. The largest absolute Gasteiger partial charge is 0.497 e. The van der Waals surface area contributed by atoms with Crippen molar-refractivity contribution in [3.63, 3.8) is 0 Å². The van der Waals surface area contributed by atoms with E-state index in [0.29, 0.717) is 0 Å². The molecule has 4 aromatic rings. The Labute approximate surface area is 255 Å². The maximum atomic E-state index is 5.82. The van der Waals surface area contributed by atoms with Gasteiger partial charge in [-0.25, -0.2) is 0 Å². The molecule has 0 N–H and O–H groups in total. The molecule has 0 saturated carbocycles. The quantitative estimate of drug-likeness (QED) is 0.212. The number of methoxy groups -OCH3 is 6. The van der Waals surface area contributed by atoms with E-state index in [1.54, 1.807) is 48.9 Å². The molecule has 0 bridgehead atoms. The molecular weight excluding hydrogens is 548 g/mol. The van der Waals surface area contributed by atoms with Gasteiger partial charge in [0.15, 0.2) is 0 Å². The summed E-state index contributed by atoms with van der Waals surface area (Å²) in [5, 5.41) is 0. The lowest BCUT2D eigenvalue weighted by Crippen LogP contribution is -2.09. The van der Waals surface area contributed by atoms with Crippen molar-refractivity contribution in [1.82, 2.24) is 0 Å². The SMILES string of the molecule is COc1ccc(C)cc1.COc1ccc([C@H]2Cc3cc(OC)cc(OC)c3[C@@H]2c2cc(OC)cc(OC)c2)cc1.CS. The number of ether oxygens (including phenoxy) is 6. The van der Waals surface area contributed by atoms with Gasteiger partial charge in [0.2, 0.25) is 0 Å². The number of aryl methyl sites for hydroxylation is 1. The first-order valence-corrected chi connectivity index (χ1v) is 14.5. The van der Waals surface area contributed by atoms with Crippen molar-refractivity contribution in [2.45, 2.75) is 25.2 Å². The Bertz CT molecular complexity index is 1380. The first-order valence-electron chi connectivity index (χ1n) is 13.6. The summed E-state index contributed by atoms with van der Waals surface area (Å²) < 4.78 is 32.8. The van der Waals surface area contributed by atoms with Crippen LogP contribution in [0.5, 0.6) is 34.5 Å². The lowest BCUT2D eigenvalue weighted by atomic mass is 9.81. The molecule has 0 radical (unpaired) electrons. The Kier molecular flexibility index (Phi) is 12.3. The predicted octanol–water partition coefficient (Wildman–Crippen LogP) is 7.75. The second kappa shape index (κ2) is 15.9. The van der Waals surface area contributed by atoms with Gasteiger partial charge in [-0.05, 0) is 84.7 Å². The molecule has 224 valence electrons. The summed E-state index contributed by atoms with van der Waals surface area (Å²) in [5.41, 5.74) is 6.03. The fraction of sp³-hybridized carbons (Fsp3) is 0.314. The van der Waals surface area contributed by atoms with Gasteiger partial charge in [0.25, 0.3) is 0 Å². The van der Waals surface area contributed by atoms with Crippen molar-refractivity contribution >= 4 is 12.6 Å². The highest BCUT2D eigenvalue weighted by Crippen LogP contribution is 2.53. The second-order valence-corrected chi connectivity index (χ2v) is 9.63. The van der Waals surface area contributed by atoms with Gasteiger partial charge in [-0.3, -0.25) is 0 Å². The molecule has 0 fully saturated rings.